The molecule has 0 aliphatic heterocycles. The number of fused-ring (bicyclic) bond motifs is 6. The molecule has 0 radical (unpaired) electrons. The van der Waals surface area contributed by atoms with Crippen LogP contribution >= 0.6 is 0 Å². The molecule has 0 aliphatic rings. The van der Waals surface area contributed by atoms with E-state index in [4.69, 9.17) is 0 Å². The van der Waals surface area contributed by atoms with Gasteiger partial charge in [0, 0.05) is 32.9 Å². The van der Waals surface area contributed by atoms with Crippen LogP contribution in [-0.4, -0.2) is 9.13 Å². The zero-order chi connectivity index (χ0) is 59.4. The normalized spacial score (nSPS) is 12.7. The van der Waals surface area contributed by atoms with E-state index in [2.05, 4.69) is 6.07 Å². The van der Waals surface area contributed by atoms with Gasteiger partial charge >= 0.3 is 30.9 Å². The summed E-state index contributed by atoms with van der Waals surface area (Å²) in [4.78, 5) is 0. The fourth-order valence-corrected chi connectivity index (χ4v) is 11.3. The second kappa shape index (κ2) is 19.7. The van der Waals surface area contributed by atoms with Crippen LogP contribution in [0, 0.1) is 11.3 Å². The highest BCUT2D eigenvalue weighted by Gasteiger charge is 2.40. The minimum atomic E-state index is -5.32. The molecule has 418 valence electrons. The van der Waals surface area contributed by atoms with Gasteiger partial charge in [-0.3, -0.25) is 0 Å². The fourth-order valence-electron chi connectivity index (χ4n) is 11.3. The molecule has 84 heavy (non-hydrogen) atoms. The highest BCUT2D eigenvalue weighted by Crippen LogP contribution is 2.49. The summed E-state index contributed by atoms with van der Waals surface area (Å²) in [6.45, 7) is 0. The summed E-state index contributed by atoms with van der Waals surface area (Å²) in [5.74, 6) is 0. The smallest absolute Gasteiger partial charge is 0.309 e. The molecule has 0 spiro atoms. The Bertz CT molecular complexity index is 4560. The zero-order valence-corrected chi connectivity index (χ0v) is 42.6. The van der Waals surface area contributed by atoms with E-state index in [1.807, 2.05) is 0 Å². The number of hydrogen-bond donors (Lipinski definition) is 0. The molecule has 2 heterocycles. The van der Waals surface area contributed by atoms with Gasteiger partial charge in [0.2, 0.25) is 0 Å². The summed E-state index contributed by atoms with van der Waals surface area (Å²) in [6.07, 6.45) is -25.1. The first kappa shape index (κ1) is 54.8. The maximum absolute atomic E-state index is 15.5. The van der Waals surface area contributed by atoms with Crippen LogP contribution in [0.1, 0.15) is 33.4 Å². The van der Waals surface area contributed by atoms with E-state index >= 15 is 26.3 Å². The van der Waals surface area contributed by atoms with Crippen molar-refractivity contribution in [1.29, 1.82) is 5.26 Å². The molecule has 0 saturated carbocycles. The van der Waals surface area contributed by atoms with Crippen molar-refractivity contribution in [3.63, 3.8) is 0 Å². The van der Waals surface area contributed by atoms with Crippen molar-refractivity contribution in [2.75, 3.05) is 0 Å². The van der Waals surface area contributed by atoms with Gasteiger partial charge in [0.25, 0.3) is 0 Å². The highest BCUT2D eigenvalue weighted by atomic mass is 19.4. The van der Waals surface area contributed by atoms with E-state index in [-0.39, 0.29) is 88.5 Å². The van der Waals surface area contributed by atoms with Gasteiger partial charge in [-0.2, -0.15) is 71.1 Å². The topological polar surface area (TPSA) is 33.6 Å². The largest absolute Gasteiger partial charge is 0.417 e. The first-order valence-corrected chi connectivity index (χ1v) is 25.4. The molecule has 3 nitrogen and oxygen atoms in total. The zero-order valence-electron chi connectivity index (χ0n) is 42.6. The summed E-state index contributed by atoms with van der Waals surface area (Å²) >= 11 is 0. The third-order valence-electron chi connectivity index (χ3n) is 14.9. The van der Waals surface area contributed by atoms with Gasteiger partial charge in [0.1, 0.15) is 0 Å². The molecule has 0 N–H and O–H groups in total. The lowest BCUT2D eigenvalue weighted by molar-refractivity contribution is -0.139. The van der Waals surface area contributed by atoms with Gasteiger partial charge in [-0.15, -0.1) is 0 Å². The summed E-state index contributed by atoms with van der Waals surface area (Å²) in [6, 6.07) is 45.0. The monoisotopic (exact) mass is 1150 g/mol. The van der Waals surface area contributed by atoms with Crippen LogP contribution < -0.4 is 0 Å². The van der Waals surface area contributed by atoms with E-state index in [1.165, 1.54) is 118 Å². The Morgan fingerprint density at radius 3 is 0.821 bits per heavy atom. The van der Waals surface area contributed by atoms with Crippen LogP contribution in [0.3, 0.4) is 0 Å². The van der Waals surface area contributed by atoms with Gasteiger partial charge in [0.15, 0.2) is 0 Å². The van der Waals surface area contributed by atoms with E-state index in [9.17, 15) is 44.8 Å². The van der Waals surface area contributed by atoms with Crippen LogP contribution in [0.25, 0.3) is 111 Å². The third-order valence-corrected chi connectivity index (χ3v) is 14.9. The van der Waals surface area contributed by atoms with E-state index in [0.29, 0.717) is 28.6 Å². The summed E-state index contributed by atoms with van der Waals surface area (Å²) in [5.41, 5.74) is -6.96. The number of rotatable bonds is 7. The van der Waals surface area contributed by atoms with Crippen LogP contribution in [-0.2, 0) is 30.9 Å². The SMILES string of the molecule is N#Cc1ccccc1-c1ccc2c(c1)c1cc(-c3ccccc3C(F)(F)F)ccc1n2-c1ccc(C(F)(F)F)c(-c2cc(-n3c4ccc(-c5ccccc5C(F)(F)F)cc4c4cc(-c5ccccc5C(F)(F)F)ccc43)ccc2C(F)(F)F)c1. The molecular formula is C66H34F15N3. The van der Waals surface area contributed by atoms with E-state index in [1.54, 1.807) is 42.5 Å². The molecular weight excluding hydrogens is 1120 g/mol. The van der Waals surface area contributed by atoms with E-state index < -0.39 is 69.8 Å². The molecule has 0 amide bonds. The lowest BCUT2D eigenvalue weighted by Gasteiger charge is -2.21. The van der Waals surface area contributed by atoms with Crippen LogP contribution in [0.2, 0.25) is 0 Å². The number of hydrogen-bond acceptors (Lipinski definition) is 1. The van der Waals surface area contributed by atoms with Gasteiger partial charge in [0.05, 0.1) is 61.5 Å². The van der Waals surface area contributed by atoms with Crippen molar-refractivity contribution in [1.82, 2.24) is 9.13 Å². The second-order valence-corrected chi connectivity index (χ2v) is 19.8. The number of benzene rings is 10. The molecule has 0 saturated heterocycles. The maximum atomic E-state index is 15.5. The van der Waals surface area contributed by atoms with E-state index in [0.717, 1.165) is 42.5 Å². The minimum Gasteiger partial charge on any atom is -0.309 e. The Hall–Kier alpha value is -9.76. The van der Waals surface area contributed by atoms with Crippen molar-refractivity contribution < 1.29 is 65.9 Å². The first-order valence-electron chi connectivity index (χ1n) is 25.4. The average Bonchev–Trinajstić information content (AvgIpc) is 1.73. The Morgan fingerprint density at radius 1 is 0.262 bits per heavy atom. The average molecular weight is 1150 g/mol. The number of halogens is 15. The standard InChI is InChI=1S/C66H34F15N3/c67-62(68,69)53-14-6-3-11-44(53)37-18-26-59-50(30-37)49-29-36(43-10-2-1-9-40(43)35-82)17-25-58(49)83(59)41-21-23-56(65(76,77)78)47(33-41)48-34-42(22-24-57(48)66(79,80)81)84-60-27-19-38(45-12-4-7-15-54(45)63(70,71)72)31-51(60)52-32-39(20-28-61(52)84)46-13-5-8-16-55(46)64(73,74)75/h1-34H. The second-order valence-electron chi connectivity index (χ2n) is 19.8. The predicted octanol–water partition coefficient (Wildman–Crippen LogP) is 21.2. The minimum absolute atomic E-state index is 0.00549. The third kappa shape index (κ3) is 9.52. The molecule has 18 heteroatoms. The van der Waals surface area contributed by atoms with Gasteiger partial charge < -0.3 is 9.13 Å². The number of nitrogens with zero attached hydrogens (tertiary/aromatic N) is 3. The van der Waals surface area contributed by atoms with Gasteiger partial charge in [-0.05, 0) is 165 Å². The lowest BCUT2D eigenvalue weighted by atomic mass is 9.93. The molecule has 12 rings (SSSR count). The van der Waals surface area contributed by atoms with Crippen LogP contribution in [0.4, 0.5) is 65.9 Å². The molecule has 0 unspecified atom stereocenters. The maximum Gasteiger partial charge on any atom is 0.417 e. The predicted molar refractivity (Wildman–Crippen MR) is 292 cm³/mol. The van der Waals surface area contributed by atoms with Crippen molar-refractivity contribution in [3.05, 3.63) is 240 Å². The van der Waals surface area contributed by atoms with Crippen molar-refractivity contribution in [2.45, 2.75) is 30.9 Å². The first-order chi connectivity index (χ1) is 39.8. The Morgan fingerprint density at radius 2 is 0.524 bits per heavy atom. The molecule has 10 aromatic carbocycles. The van der Waals surface area contributed by atoms with Gasteiger partial charge in [-0.25, -0.2) is 0 Å². The summed E-state index contributed by atoms with van der Waals surface area (Å²) < 4.78 is 226. The Kier molecular flexibility index (Phi) is 12.9. The Balaban J connectivity index is 1.11. The number of nitriles is 1. The molecule has 0 aliphatic carbocycles. The fraction of sp³-hybridized carbons (Fsp3) is 0.0758. The molecule has 0 atom stereocenters. The quantitative estimate of drug-likeness (QED) is 0.146. The van der Waals surface area contributed by atoms with Crippen molar-refractivity contribution in [3.8, 4) is 73.1 Å². The van der Waals surface area contributed by atoms with Crippen molar-refractivity contribution in [2.24, 2.45) is 0 Å². The summed E-state index contributed by atoms with van der Waals surface area (Å²) in [5, 5.41) is 10.9. The highest BCUT2D eigenvalue weighted by molar-refractivity contribution is 6.13. The van der Waals surface area contributed by atoms with Crippen LogP contribution in [0.5, 0.6) is 0 Å². The molecule has 0 fully saturated rings. The van der Waals surface area contributed by atoms with Crippen molar-refractivity contribution >= 4 is 43.6 Å². The molecule has 0 bridgehead atoms. The molecule has 2 aromatic heterocycles. The van der Waals surface area contributed by atoms with Gasteiger partial charge in [-0.1, -0.05) is 97.1 Å². The Labute approximate surface area is 465 Å². The lowest BCUT2D eigenvalue weighted by Crippen LogP contribution is -2.12. The van der Waals surface area contributed by atoms with Crippen LogP contribution in [0.15, 0.2) is 206 Å². The molecule has 12 aromatic rings. The number of alkyl halides is 15. The summed E-state index contributed by atoms with van der Waals surface area (Å²) in [7, 11) is 0. The number of aromatic nitrogens is 2.